The Labute approximate surface area is 105 Å². The third-order valence-corrected chi connectivity index (χ3v) is 2.22. The molecule has 0 saturated carbocycles. The van der Waals surface area contributed by atoms with E-state index in [9.17, 15) is 9.59 Å². The van der Waals surface area contributed by atoms with Gasteiger partial charge in [-0.15, -0.1) is 0 Å². The van der Waals surface area contributed by atoms with Crippen LogP contribution in [-0.4, -0.2) is 41.4 Å². The van der Waals surface area contributed by atoms with Gasteiger partial charge in [-0.3, -0.25) is 0 Å². The summed E-state index contributed by atoms with van der Waals surface area (Å²) in [4.78, 5) is 26.9. The Balaban J connectivity index is 2.66. The van der Waals surface area contributed by atoms with E-state index in [1.165, 1.54) is 7.11 Å². The van der Waals surface area contributed by atoms with Crippen molar-refractivity contribution < 1.29 is 19.1 Å². The van der Waals surface area contributed by atoms with Gasteiger partial charge in [0.1, 0.15) is 6.04 Å². The number of ether oxygens (including phenoxy) is 2. The van der Waals surface area contributed by atoms with Gasteiger partial charge in [0.15, 0.2) is 0 Å². The number of aromatic nitrogens is 2. The van der Waals surface area contributed by atoms with Crippen molar-refractivity contribution in [2.24, 2.45) is 7.05 Å². The van der Waals surface area contributed by atoms with Crippen molar-refractivity contribution in [3.05, 3.63) is 18.2 Å². The monoisotopic (exact) mass is 255 g/mol. The number of nitrogens with zero attached hydrogens (tertiary/aromatic N) is 2. The number of hydrogen-bond acceptors (Lipinski definition) is 5. The minimum absolute atomic E-state index is 0.239. The average Bonchev–Trinajstić information content (AvgIpc) is 2.73. The van der Waals surface area contributed by atoms with Crippen LogP contribution >= 0.6 is 0 Å². The first-order valence-corrected chi connectivity index (χ1v) is 5.54. The van der Waals surface area contributed by atoms with E-state index >= 15 is 0 Å². The zero-order valence-electron chi connectivity index (χ0n) is 10.7. The molecule has 0 spiro atoms. The Morgan fingerprint density at radius 3 is 2.78 bits per heavy atom. The molecular formula is C11H17N3O4. The van der Waals surface area contributed by atoms with Crippen LogP contribution in [0.2, 0.25) is 0 Å². The van der Waals surface area contributed by atoms with E-state index in [4.69, 9.17) is 4.74 Å². The molecule has 1 amide bonds. The van der Waals surface area contributed by atoms with Gasteiger partial charge in [-0.25, -0.2) is 14.6 Å². The van der Waals surface area contributed by atoms with Gasteiger partial charge < -0.3 is 19.4 Å². The van der Waals surface area contributed by atoms with Crippen molar-refractivity contribution in [3.8, 4) is 0 Å². The standard InChI is InChI=1S/C11H17N3O4/c1-4-18-11(16)13-9(10(15)17-3)5-8-6-14(2)7-12-8/h6-7,9H,4-5H2,1-3H3,(H,13,16). The number of aryl methyl sites for hydroxylation is 1. The second kappa shape index (κ2) is 6.63. The van der Waals surface area contributed by atoms with E-state index in [1.807, 2.05) is 7.05 Å². The number of amides is 1. The molecule has 0 saturated heterocycles. The lowest BCUT2D eigenvalue weighted by atomic mass is 10.1. The van der Waals surface area contributed by atoms with E-state index in [0.29, 0.717) is 5.69 Å². The van der Waals surface area contributed by atoms with E-state index in [1.54, 1.807) is 24.0 Å². The number of hydrogen-bond donors (Lipinski definition) is 1. The third-order valence-electron chi connectivity index (χ3n) is 2.22. The summed E-state index contributed by atoms with van der Waals surface area (Å²) in [7, 11) is 3.09. The first-order valence-electron chi connectivity index (χ1n) is 5.54. The molecule has 0 aliphatic carbocycles. The summed E-state index contributed by atoms with van der Waals surface area (Å²) < 4.78 is 11.1. The smallest absolute Gasteiger partial charge is 0.407 e. The highest BCUT2D eigenvalue weighted by Gasteiger charge is 2.23. The number of nitrogens with one attached hydrogen (secondary N) is 1. The van der Waals surface area contributed by atoms with Crippen LogP contribution in [0.15, 0.2) is 12.5 Å². The minimum atomic E-state index is -0.802. The van der Waals surface area contributed by atoms with Gasteiger partial charge in [-0.1, -0.05) is 0 Å². The Kier molecular flexibility index (Phi) is 5.16. The summed E-state index contributed by atoms with van der Waals surface area (Å²) >= 11 is 0. The zero-order valence-corrected chi connectivity index (χ0v) is 10.7. The lowest BCUT2D eigenvalue weighted by Gasteiger charge is -2.14. The Bertz CT molecular complexity index is 416. The lowest BCUT2D eigenvalue weighted by molar-refractivity contribution is -0.143. The molecule has 0 bridgehead atoms. The molecule has 0 aromatic carbocycles. The molecule has 0 radical (unpaired) electrons. The predicted octanol–water partition coefficient (Wildman–Crippen LogP) is 0.250. The highest BCUT2D eigenvalue weighted by Crippen LogP contribution is 2.02. The second-order valence-electron chi connectivity index (χ2n) is 3.68. The van der Waals surface area contributed by atoms with Gasteiger partial charge in [0.2, 0.25) is 0 Å². The Morgan fingerprint density at radius 1 is 1.56 bits per heavy atom. The molecule has 0 aliphatic heterocycles. The largest absolute Gasteiger partial charge is 0.467 e. The Hall–Kier alpha value is -2.05. The number of imidazole rings is 1. The third kappa shape index (κ3) is 4.08. The summed E-state index contributed by atoms with van der Waals surface area (Å²) in [6, 6.07) is -0.802. The molecule has 7 heteroatoms. The van der Waals surface area contributed by atoms with Crippen LogP contribution in [0.1, 0.15) is 12.6 Å². The molecule has 1 heterocycles. The van der Waals surface area contributed by atoms with E-state index < -0.39 is 18.1 Å². The molecular weight excluding hydrogens is 238 g/mol. The summed E-state index contributed by atoms with van der Waals surface area (Å²) in [5.74, 6) is -0.534. The number of alkyl carbamates (subject to hydrolysis) is 1. The van der Waals surface area contributed by atoms with Crippen molar-refractivity contribution in [1.82, 2.24) is 14.9 Å². The molecule has 1 N–H and O–H groups in total. The molecule has 0 aliphatic rings. The maximum absolute atomic E-state index is 11.5. The van der Waals surface area contributed by atoms with Crippen LogP contribution in [0, 0.1) is 0 Å². The van der Waals surface area contributed by atoms with Crippen molar-refractivity contribution in [3.63, 3.8) is 0 Å². The molecule has 1 aromatic rings. The van der Waals surface area contributed by atoms with Crippen LogP contribution in [0.4, 0.5) is 4.79 Å². The van der Waals surface area contributed by atoms with Gasteiger partial charge in [0.05, 0.1) is 25.7 Å². The maximum atomic E-state index is 11.5. The van der Waals surface area contributed by atoms with Crippen molar-refractivity contribution in [2.45, 2.75) is 19.4 Å². The summed E-state index contributed by atoms with van der Waals surface area (Å²) in [6.45, 7) is 1.93. The first-order chi connectivity index (χ1) is 8.56. The van der Waals surface area contributed by atoms with Crippen molar-refractivity contribution in [1.29, 1.82) is 0 Å². The van der Waals surface area contributed by atoms with Gasteiger partial charge in [-0.05, 0) is 6.92 Å². The van der Waals surface area contributed by atoms with E-state index in [-0.39, 0.29) is 13.0 Å². The molecule has 1 aromatic heterocycles. The number of methoxy groups -OCH3 is 1. The maximum Gasteiger partial charge on any atom is 0.407 e. The zero-order chi connectivity index (χ0) is 13.5. The highest BCUT2D eigenvalue weighted by molar-refractivity contribution is 5.81. The molecule has 0 fully saturated rings. The number of carbonyl (C=O) groups excluding carboxylic acids is 2. The van der Waals surface area contributed by atoms with Gasteiger partial charge in [0, 0.05) is 19.7 Å². The van der Waals surface area contributed by atoms with Crippen LogP contribution in [-0.2, 0) is 27.7 Å². The molecule has 1 unspecified atom stereocenters. The SMILES string of the molecule is CCOC(=O)NC(Cc1cn(C)cn1)C(=O)OC. The molecule has 1 rings (SSSR count). The predicted molar refractivity (Wildman–Crippen MR) is 62.9 cm³/mol. The van der Waals surface area contributed by atoms with E-state index in [2.05, 4.69) is 15.0 Å². The van der Waals surface area contributed by atoms with Crippen LogP contribution in [0.25, 0.3) is 0 Å². The van der Waals surface area contributed by atoms with Gasteiger partial charge >= 0.3 is 12.1 Å². The van der Waals surface area contributed by atoms with Crippen LogP contribution < -0.4 is 5.32 Å². The van der Waals surface area contributed by atoms with Crippen molar-refractivity contribution >= 4 is 12.1 Å². The fourth-order valence-corrected chi connectivity index (χ4v) is 1.43. The average molecular weight is 255 g/mol. The second-order valence-corrected chi connectivity index (χ2v) is 3.68. The molecule has 1 atom stereocenters. The quantitative estimate of drug-likeness (QED) is 0.763. The highest BCUT2D eigenvalue weighted by atomic mass is 16.6. The number of rotatable bonds is 5. The van der Waals surface area contributed by atoms with Crippen LogP contribution in [0.3, 0.4) is 0 Å². The molecule has 18 heavy (non-hydrogen) atoms. The van der Waals surface area contributed by atoms with Crippen LogP contribution in [0.5, 0.6) is 0 Å². The lowest BCUT2D eigenvalue weighted by Crippen LogP contribution is -2.43. The number of carbonyl (C=O) groups is 2. The van der Waals surface area contributed by atoms with Crippen molar-refractivity contribution in [2.75, 3.05) is 13.7 Å². The summed E-state index contributed by atoms with van der Waals surface area (Å²) in [5.41, 5.74) is 0.685. The van der Waals surface area contributed by atoms with Gasteiger partial charge in [0.25, 0.3) is 0 Å². The van der Waals surface area contributed by atoms with E-state index in [0.717, 1.165) is 0 Å². The minimum Gasteiger partial charge on any atom is -0.467 e. The summed E-state index contributed by atoms with van der Waals surface area (Å²) in [6.07, 6.45) is 2.99. The van der Waals surface area contributed by atoms with Gasteiger partial charge in [-0.2, -0.15) is 0 Å². The molecule has 7 nitrogen and oxygen atoms in total. The Morgan fingerprint density at radius 2 is 2.28 bits per heavy atom. The first kappa shape index (κ1) is 14.0. The molecule has 100 valence electrons. The number of esters is 1. The normalized spacial score (nSPS) is 11.7. The fraction of sp³-hybridized carbons (Fsp3) is 0.545. The summed E-state index contributed by atoms with van der Waals surface area (Å²) in [5, 5.41) is 2.44. The topological polar surface area (TPSA) is 82.5 Å². The fourth-order valence-electron chi connectivity index (χ4n) is 1.43.